The molecule has 0 fully saturated rings. The molecule has 0 atom stereocenters. The third-order valence-corrected chi connectivity index (χ3v) is 3.05. The average Bonchev–Trinajstić information content (AvgIpc) is 2.36. The molecule has 1 heterocycles. The van der Waals surface area contributed by atoms with E-state index in [1.54, 1.807) is 13.8 Å². The lowest BCUT2D eigenvalue weighted by Crippen LogP contribution is -2.19. The van der Waals surface area contributed by atoms with Crippen LogP contribution in [0.25, 0.3) is 0 Å². The first-order valence-corrected chi connectivity index (χ1v) is 6.50. The highest BCUT2D eigenvalue weighted by Crippen LogP contribution is 2.25. The molecule has 1 aromatic heterocycles. The van der Waals surface area contributed by atoms with Crippen LogP contribution in [0.2, 0.25) is 0 Å². The molecule has 1 rings (SSSR count). The van der Waals surface area contributed by atoms with Gasteiger partial charge in [-0.3, -0.25) is 4.98 Å². The van der Waals surface area contributed by atoms with Gasteiger partial charge in [0.15, 0.2) is 0 Å². The molecule has 5 heteroatoms. The Bertz CT molecular complexity index is 495. The van der Waals surface area contributed by atoms with Crippen LogP contribution in [-0.4, -0.2) is 31.1 Å². The van der Waals surface area contributed by atoms with Gasteiger partial charge >= 0.3 is 11.9 Å². The number of pyridine rings is 1. The minimum absolute atomic E-state index is 0.281. The van der Waals surface area contributed by atoms with Crippen molar-refractivity contribution in [3.05, 3.63) is 28.1 Å². The van der Waals surface area contributed by atoms with Crippen LogP contribution in [0.3, 0.4) is 0 Å². The largest absolute Gasteiger partial charge is 0.465 e. The predicted molar refractivity (Wildman–Crippen MR) is 74.9 cm³/mol. The van der Waals surface area contributed by atoms with Crippen molar-refractivity contribution >= 4 is 11.9 Å². The third kappa shape index (κ3) is 3.15. The van der Waals surface area contributed by atoms with Crippen LogP contribution in [0, 0.1) is 19.8 Å². The summed E-state index contributed by atoms with van der Waals surface area (Å²) in [5, 5.41) is 0. The molecule has 0 aliphatic rings. The lowest BCUT2D eigenvalue weighted by molar-refractivity contribution is 0.0594. The maximum Gasteiger partial charge on any atom is 0.340 e. The van der Waals surface area contributed by atoms with Crippen LogP contribution >= 0.6 is 0 Å². The summed E-state index contributed by atoms with van der Waals surface area (Å²) < 4.78 is 9.63. The minimum atomic E-state index is -0.476. The van der Waals surface area contributed by atoms with Gasteiger partial charge in [-0.2, -0.15) is 0 Å². The summed E-state index contributed by atoms with van der Waals surface area (Å²) in [6, 6.07) is 0. The molecule has 5 nitrogen and oxygen atoms in total. The van der Waals surface area contributed by atoms with Gasteiger partial charge in [0.2, 0.25) is 0 Å². The summed E-state index contributed by atoms with van der Waals surface area (Å²) >= 11 is 0. The number of hydrogen-bond donors (Lipinski definition) is 0. The number of hydrogen-bond acceptors (Lipinski definition) is 5. The van der Waals surface area contributed by atoms with Gasteiger partial charge in [0, 0.05) is 0 Å². The fraction of sp³-hybridized carbons (Fsp3) is 0.533. The van der Waals surface area contributed by atoms with Crippen LogP contribution in [0.15, 0.2) is 0 Å². The molecule has 0 radical (unpaired) electrons. The van der Waals surface area contributed by atoms with E-state index < -0.39 is 11.9 Å². The van der Waals surface area contributed by atoms with E-state index in [1.807, 2.05) is 13.8 Å². The smallest absolute Gasteiger partial charge is 0.340 e. The Morgan fingerprint density at radius 2 is 1.40 bits per heavy atom. The Morgan fingerprint density at radius 1 is 1.00 bits per heavy atom. The van der Waals surface area contributed by atoms with E-state index in [0.717, 1.165) is 0 Å². The fourth-order valence-electron chi connectivity index (χ4n) is 2.28. The van der Waals surface area contributed by atoms with Crippen molar-refractivity contribution in [3.8, 4) is 0 Å². The van der Waals surface area contributed by atoms with Crippen LogP contribution in [-0.2, 0) is 15.9 Å². The van der Waals surface area contributed by atoms with Crippen molar-refractivity contribution < 1.29 is 19.1 Å². The second kappa shape index (κ2) is 6.50. The highest BCUT2D eigenvalue weighted by atomic mass is 16.5. The first-order valence-electron chi connectivity index (χ1n) is 6.50. The van der Waals surface area contributed by atoms with E-state index in [9.17, 15) is 9.59 Å². The zero-order valence-corrected chi connectivity index (χ0v) is 12.9. The van der Waals surface area contributed by atoms with Crippen molar-refractivity contribution in [3.63, 3.8) is 0 Å². The average molecular weight is 279 g/mol. The molecular formula is C15H21NO4. The Hall–Kier alpha value is -1.91. The highest BCUT2D eigenvalue weighted by molar-refractivity contribution is 5.99. The quantitative estimate of drug-likeness (QED) is 0.792. The number of nitrogens with zero attached hydrogens (tertiary/aromatic N) is 1. The number of ether oxygens (including phenoxy) is 2. The zero-order valence-electron chi connectivity index (χ0n) is 12.9. The summed E-state index contributed by atoms with van der Waals surface area (Å²) in [5.74, 6) is -0.672. The molecule has 20 heavy (non-hydrogen) atoms. The minimum Gasteiger partial charge on any atom is -0.465 e. The van der Waals surface area contributed by atoms with Crippen molar-refractivity contribution in [2.45, 2.75) is 34.1 Å². The van der Waals surface area contributed by atoms with Gasteiger partial charge in [-0.05, 0) is 31.7 Å². The first kappa shape index (κ1) is 16.1. The van der Waals surface area contributed by atoms with Gasteiger partial charge in [-0.15, -0.1) is 0 Å². The summed E-state index contributed by atoms with van der Waals surface area (Å²) in [6.45, 7) is 7.52. The second-order valence-electron chi connectivity index (χ2n) is 5.09. The van der Waals surface area contributed by atoms with Gasteiger partial charge in [-0.1, -0.05) is 13.8 Å². The summed E-state index contributed by atoms with van der Waals surface area (Å²) in [7, 11) is 2.64. The maximum atomic E-state index is 12.0. The van der Waals surface area contributed by atoms with E-state index >= 15 is 0 Å². The van der Waals surface area contributed by atoms with Gasteiger partial charge in [0.1, 0.15) is 0 Å². The summed E-state index contributed by atoms with van der Waals surface area (Å²) in [6.07, 6.45) is 0.582. The molecule has 0 aliphatic carbocycles. The number of aryl methyl sites for hydroxylation is 2. The number of methoxy groups -OCH3 is 2. The first-order chi connectivity index (χ1) is 9.33. The molecule has 0 aromatic carbocycles. The highest BCUT2D eigenvalue weighted by Gasteiger charge is 2.26. The SMILES string of the molecule is COC(=O)c1c(C)nc(C)c(C(=O)OC)c1CC(C)C. The van der Waals surface area contributed by atoms with Gasteiger partial charge in [-0.25, -0.2) is 9.59 Å². The fourth-order valence-corrected chi connectivity index (χ4v) is 2.28. The number of rotatable bonds is 4. The van der Waals surface area contributed by atoms with E-state index in [0.29, 0.717) is 34.5 Å². The zero-order chi connectivity index (χ0) is 15.4. The third-order valence-electron chi connectivity index (χ3n) is 3.05. The van der Waals surface area contributed by atoms with Crippen molar-refractivity contribution in [2.24, 2.45) is 5.92 Å². The standard InChI is InChI=1S/C15H21NO4/c1-8(2)7-11-12(14(17)19-5)9(3)16-10(4)13(11)15(18)20-6/h8H,7H2,1-6H3. The normalized spacial score (nSPS) is 10.6. The maximum absolute atomic E-state index is 12.0. The van der Waals surface area contributed by atoms with E-state index in [2.05, 4.69) is 4.98 Å². The van der Waals surface area contributed by atoms with E-state index in [-0.39, 0.29) is 5.92 Å². The monoisotopic (exact) mass is 279 g/mol. The van der Waals surface area contributed by atoms with Crippen LogP contribution in [0.1, 0.15) is 51.5 Å². The van der Waals surface area contributed by atoms with Crippen LogP contribution < -0.4 is 0 Å². The Morgan fingerprint density at radius 3 is 1.70 bits per heavy atom. The summed E-state index contributed by atoms with van der Waals surface area (Å²) in [4.78, 5) is 28.3. The van der Waals surface area contributed by atoms with Crippen molar-refractivity contribution in [2.75, 3.05) is 14.2 Å². The Labute approximate surface area is 119 Å². The lowest BCUT2D eigenvalue weighted by Gasteiger charge is -2.17. The summed E-state index contributed by atoms with van der Waals surface area (Å²) in [5.41, 5.74) is 2.53. The predicted octanol–water partition coefficient (Wildman–Crippen LogP) is 2.47. The van der Waals surface area contributed by atoms with E-state index in [4.69, 9.17) is 9.47 Å². The molecule has 0 aliphatic heterocycles. The second-order valence-corrected chi connectivity index (χ2v) is 5.09. The Kier molecular flexibility index (Phi) is 5.25. The topological polar surface area (TPSA) is 65.5 Å². The molecule has 0 N–H and O–H groups in total. The molecule has 110 valence electrons. The van der Waals surface area contributed by atoms with Gasteiger partial charge < -0.3 is 9.47 Å². The lowest BCUT2D eigenvalue weighted by atomic mass is 9.91. The Balaban J connectivity index is 3.65. The number of carbonyl (C=O) groups is 2. The van der Waals surface area contributed by atoms with E-state index in [1.165, 1.54) is 14.2 Å². The molecule has 0 saturated heterocycles. The molecule has 0 amide bonds. The van der Waals surface area contributed by atoms with Crippen molar-refractivity contribution in [1.29, 1.82) is 0 Å². The van der Waals surface area contributed by atoms with Crippen LogP contribution in [0.5, 0.6) is 0 Å². The molecule has 0 unspecified atom stereocenters. The molecular weight excluding hydrogens is 258 g/mol. The number of esters is 2. The molecule has 0 saturated carbocycles. The van der Waals surface area contributed by atoms with Crippen molar-refractivity contribution in [1.82, 2.24) is 4.98 Å². The van der Waals surface area contributed by atoms with Gasteiger partial charge in [0.25, 0.3) is 0 Å². The number of aromatic nitrogens is 1. The van der Waals surface area contributed by atoms with Crippen LogP contribution in [0.4, 0.5) is 0 Å². The number of carbonyl (C=O) groups excluding carboxylic acids is 2. The van der Waals surface area contributed by atoms with Gasteiger partial charge in [0.05, 0.1) is 36.7 Å². The molecule has 0 spiro atoms. The molecule has 1 aromatic rings. The molecule has 0 bridgehead atoms.